The van der Waals surface area contributed by atoms with Gasteiger partial charge in [-0.2, -0.15) is 17.7 Å². The van der Waals surface area contributed by atoms with E-state index in [2.05, 4.69) is 19.1 Å². The molecule has 0 aromatic heterocycles. The number of rotatable bonds is 4. The van der Waals surface area contributed by atoms with Gasteiger partial charge in [-0.3, -0.25) is 0 Å². The number of hydrogen-bond acceptors (Lipinski definition) is 0. The number of hydrogen-bond donors (Lipinski definition) is 0. The van der Waals surface area contributed by atoms with Crippen molar-refractivity contribution in [3.63, 3.8) is 0 Å². The van der Waals surface area contributed by atoms with Crippen LogP contribution in [0.25, 0.3) is 0 Å². The zero-order chi connectivity index (χ0) is 15.4. The largest absolute Gasteiger partial charge is 0.236 e. The molecule has 0 bridgehead atoms. The second kappa shape index (κ2) is 11.9. The maximum Gasteiger partial charge on any atom is 0.0111 e. The Morgan fingerprint density at radius 2 is 1.46 bits per heavy atom. The van der Waals surface area contributed by atoms with Crippen LogP contribution in [0.4, 0.5) is 4.39 Å². The Balaban J connectivity index is 0.00000144. The van der Waals surface area contributed by atoms with Gasteiger partial charge in [0.2, 0.25) is 0 Å². The second-order valence-corrected chi connectivity index (χ2v) is 7.89. The number of benzene rings is 1. The van der Waals surface area contributed by atoms with Crippen molar-refractivity contribution >= 4 is 0 Å². The third kappa shape index (κ3) is 7.17. The maximum absolute atomic E-state index is 13.3. The second-order valence-electron chi connectivity index (χ2n) is 7.89. The summed E-state index contributed by atoms with van der Waals surface area (Å²) in [5.41, 5.74) is 1.19. The quantitative estimate of drug-likeness (QED) is 0.433. The van der Waals surface area contributed by atoms with E-state index in [1.807, 2.05) is 0 Å². The fourth-order valence-electron chi connectivity index (χ4n) is 4.58. The molecule has 2 saturated carbocycles. The van der Waals surface area contributed by atoms with Crippen molar-refractivity contribution < 1.29 is 69.8 Å². The van der Waals surface area contributed by atoms with Crippen molar-refractivity contribution in [1.82, 2.24) is 0 Å². The van der Waals surface area contributed by atoms with E-state index in [-0.39, 0.29) is 71.2 Å². The van der Waals surface area contributed by atoms with Gasteiger partial charge in [-0.1, -0.05) is 45.4 Å². The molecule has 3 heteroatoms. The predicted octanol–water partition coefficient (Wildman–Crippen LogP) is 6.50. The molecule has 0 N–H and O–H groups in total. The molecule has 2 aliphatic rings. The first kappa shape index (κ1) is 23.4. The minimum Gasteiger partial charge on any atom is -0.236 e. The van der Waals surface area contributed by atoms with Gasteiger partial charge in [0.05, 0.1) is 0 Å². The molecule has 0 aliphatic heterocycles. The van der Waals surface area contributed by atoms with E-state index < -0.39 is 0 Å². The van der Waals surface area contributed by atoms with Crippen molar-refractivity contribution in [2.45, 2.75) is 77.0 Å². The van der Waals surface area contributed by atoms with Crippen LogP contribution in [-0.2, 0) is 65.4 Å². The van der Waals surface area contributed by atoms with Gasteiger partial charge in [0, 0.05) is 71.2 Å². The van der Waals surface area contributed by atoms with Crippen LogP contribution in [0.2, 0.25) is 0 Å². The van der Waals surface area contributed by atoms with E-state index in [1.54, 1.807) is 12.1 Å². The van der Waals surface area contributed by atoms with Crippen molar-refractivity contribution in [1.29, 1.82) is 0 Å². The molecule has 24 heavy (non-hydrogen) atoms. The topological polar surface area (TPSA) is 0 Å². The summed E-state index contributed by atoms with van der Waals surface area (Å²) < 4.78 is 13.3. The first-order chi connectivity index (χ1) is 10.7. The van der Waals surface area contributed by atoms with Gasteiger partial charge >= 0.3 is 0 Å². The zero-order valence-electron chi connectivity index (χ0n) is 15.1. The third-order valence-corrected chi connectivity index (χ3v) is 6.23. The van der Waals surface area contributed by atoms with Crippen molar-refractivity contribution in [2.75, 3.05) is 0 Å². The van der Waals surface area contributed by atoms with E-state index in [4.69, 9.17) is 0 Å². The van der Waals surface area contributed by atoms with Crippen LogP contribution >= 0.6 is 0 Å². The monoisotopic (exact) mass is 479 g/mol. The fraction of sp³-hybridized carbons (Fsp3) is 0.714. The molecule has 3 rings (SSSR count). The molecule has 0 unspecified atom stereocenters. The predicted molar refractivity (Wildman–Crippen MR) is 90.3 cm³/mol. The van der Waals surface area contributed by atoms with Gasteiger partial charge in [-0.15, -0.1) is 12.1 Å². The summed E-state index contributed by atoms with van der Waals surface area (Å²) in [6.45, 7) is 2.40. The maximum atomic E-state index is 13.3. The summed E-state index contributed by atoms with van der Waals surface area (Å²) in [7, 11) is 0. The van der Waals surface area contributed by atoms with Crippen LogP contribution in [0.1, 0.15) is 82.6 Å². The SMILES string of the molecule is CC1CCC(CCC2CCC(c3cc[c-]c(F)c3)CC2)CC1.[Y].[Y]. The van der Waals surface area contributed by atoms with Crippen molar-refractivity contribution in [2.24, 2.45) is 17.8 Å². The summed E-state index contributed by atoms with van der Waals surface area (Å²) in [6, 6.07) is 8.09. The Morgan fingerprint density at radius 1 is 0.917 bits per heavy atom. The first-order valence-corrected chi connectivity index (χ1v) is 9.38. The van der Waals surface area contributed by atoms with Crippen LogP contribution in [0.3, 0.4) is 0 Å². The standard InChI is InChI=1S/C21H30F.2Y/c1-16-5-7-17(8-6-16)9-10-18-11-13-19(14-12-18)20-3-2-4-21(22)15-20;;/h2-3,15-19H,5-14H2,1H3;;/q-1;;. The number of halogens is 1. The molecule has 0 spiro atoms. The molecule has 0 atom stereocenters. The van der Waals surface area contributed by atoms with Crippen LogP contribution in [0, 0.1) is 29.6 Å². The molecule has 1 aromatic carbocycles. The first-order valence-electron chi connectivity index (χ1n) is 9.38. The van der Waals surface area contributed by atoms with Gasteiger partial charge in [-0.05, 0) is 49.4 Å². The normalized spacial score (nSPS) is 30.1. The van der Waals surface area contributed by atoms with Gasteiger partial charge < -0.3 is 0 Å². The summed E-state index contributed by atoms with van der Waals surface area (Å²) >= 11 is 0. The van der Waals surface area contributed by atoms with Crippen LogP contribution in [0.15, 0.2) is 18.2 Å². The summed E-state index contributed by atoms with van der Waals surface area (Å²) in [4.78, 5) is 0. The minimum absolute atomic E-state index is 0. The average Bonchev–Trinajstić information content (AvgIpc) is 2.55. The Morgan fingerprint density at radius 3 is 2.00 bits per heavy atom. The Kier molecular flexibility index (Phi) is 11.6. The zero-order valence-corrected chi connectivity index (χ0v) is 20.8. The smallest absolute Gasteiger partial charge is 0.0111 e. The van der Waals surface area contributed by atoms with E-state index in [0.29, 0.717) is 5.92 Å². The fourth-order valence-corrected chi connectivity index (χ4v) is 4.58. The molecule has 0 nitrogen and oxygen atoms in total. The molecule has 0 heterocycles. The molecule has 2 fully saturated rings. The minimum atomic E-state index is -0.203. The summed E-state index contributed by atoms with van der Waals surface area (Å²) in [5.74, 6) is 3.28. The van der Waals surface area contributed by atoms with Gasteiger partial charge in [0.15, 0.2) is 0 Å². The Labute approximate surface area is 198 Å². The molecular formula is C21H30FY2-. The van der Waals surface area contributed by atoms with Crippen LogP contribution < -0.4 is 0 Å². The molecular weight excluding hydrogens is 449 g/mol. The molecule has 2 aliphatic carbocycles. The van der Waals surface area contributed by atoms with Crippen molar-refractivity contribution in [3.8, 4) is 0 Å². The van der Waals surface area contributed by atoms with E-state index in [9.17, 15) is 4.39 Å². The van der Waals surface area contributed by atoms with E-state index in [1.165, 1.54) is 69.8 Å². The van der Waals surface area contributed by atoms with E-state index in [0.717, 1.165) is 17.8 Å². The summed E-state index contributed by atoms with van der Waals surface area (Å²) in [5, 5.41) is 0. The summed E-state index contributed by atoms with van der Waals surface area (Å²) in [6.07, 6.45) is 13.9. The van der Waals surface area contributed by atoms with Gasteiger partial charge in [0.25, 0.3) is 0 Å². The third-order valence-electron chi connectivity index (χ3n) is 6.23. The van der Waals surface area contributed by atoms with Gasteiger partial charge in [-0.25, -0.2) is 4.39 Å². The molecule has 2 radical (unpaired) electrons. The Hall–Kier alpha value is 1.36. The van der Waals surface area contributed by atoms with Crippen molar-refractivity contribution in [3.05, 3.63) is 35.6 Å². The molecule has 128 valence electrons. The molecule has 0 saturated heterocycles. The Bertz CT molecular complexity index is 461. The average molecular weight is 479 g/mol. The van der Waals surface area contributed by atoms with Crippen LogP contribution in [0.5, 0.6) is 0 Å². The molecule has 1 aromatic rings. The van der Waals surface area contributed by atoms with Crippen LogP contribution in [-0.4, -0.2) is 0 Å². The van der Waals surface area contributed by atoms with E-state index >= 15 is 0 Å². The van der Waals surface area contributed by atoms with Gasteiger partial charge in [0.1, 0.15) is 0 Å². The molecule has 0 amide bonds.